The van der Waals surface area contributed by atoms with E-state index in [-0.39, 0.29) is 18.2 Å². The highest BCUT2D eigenvalue weighted by atomic mass is 35.5. The van der Waals surface area contributed by atoms with Gasteiger partial charge in [0.1, 0.15) is 5.25 Å². The number of carbonyl (C=O) groups excluding carboxylic acids is 2. The SMILES string of the molecule is Cc1cc(Cl)ccc1N=C1S[C@H](CC(=O)Nc2ccccc2)C(=O)N1C. The van der Waals surface area contributed by atoms with Gasteiger partial charge in [-0.05, 0) is 42.8 Å². The van der Waals surface area contributed by atoms with Crippen molar-refractivity contribution in [2.75, 3.05) is 12.4 Å². The quantitative estimate of drug-likeness (QED) is 0.853. The third-order valence-corrected chi connectivity index (χ3v) is 5.41. The third-order valence-electron chi connectivity index (χ3n) is 3.94. The topological polar surface area (TPSA) is 61.8 Å². The van der Waals surface area contributed by atoms with Crippen molar-refractivity contribution in [1.82, 2.24) is 4.90 Å². The van der Waals surface area contributed by atoms with Crippen LogP contribution in [0.4, 0.5) is 11.4 Å². The summed E-state index contributed by atoms with van der Waals surface area (Å²) in [7, 11) is 1.68. The zero-order chi connectivity index (χ0) is 18.7. The lowest BCUT2D eigenvalue weighted by Crippen LogP contribution is -2.30. The molecule has 1 atom stereocenters. The first-order valence-corrected chi connectivity index (χ1v) is 9.34. The van der Waals surface area contributed by atoms with Gasteiger partial charge in [0, 0.05) is 24.2 Å². The lowest BCUT2D eigenvalue weighted by atomic mass is 10.2. The standard InChI is InChI=1S/C19H18ClN3O2S/c1-12-10-13(20)8-9-15(12)22-19-23(2)18(25)16(26-19)11-17(24)21-14-6-4-3-5-7-14/h3-10,16H,11H2,1-2H3,(H,21,24)/t16-/m1/s1. The van der Waals surface area contributed by atoms with Gasteiger partial charge < -0.3 is 5.32 Å². The summed E-state index contributed by atoms with van der Waals surface area (Å²) in [6.07, 6.45) is 0.0986. The third kappa shape index (κ3) is 4.26. The number of para-hydroxylation sites is 1. The van der Waals surface area contributed by atoms with Crippen molar-refractivity contribution in [2.24, 2.45) is 4.99 Å². The van der Waals surface area contributed by atoms with E-state index in [1.807, 2.05) is 49.4 Å². The van der Waals surface area contributed by atoms with Crippen LogP contribution in [0.25, 0.3) is 0 Å². The molecule has 0 aromatic heterocycles. The Bertz CT molecular complexity index is 870. The Balaban J connectivity index is 1.70. The number of hydrogen-bond donors (Lipinski definition) is 1. The maximum absolute atomic E-state index is 12.5. The van der Waals surface area contributed by atoms with E-state index < -0.39 is 5.25 Å². The van der Waals surface area contributed by atoms with Gasteiger partial charge in [-0.15, -0.1) is 0 Å². The maximum atomic E-state index is 12.5. The summed E-state index contributed by atoms with van der Waals surface area (Å²) in [4.78, 5) is 30.7. The number of thioether (sulfide) groups is 1. The van der Waals surface area contributed by atoms with E-state index in [0.29, 0.717) is 15.9 Å². The van der Waals surface area contributed by atoms with Crippen LogP contribution in [0.1, 0.15) is 12.0 Å². The van der Waals surface area contributed by atoms with Gasteiger partial charge in [0.2, 0.25) is 11.8 Å². The molecule has 26 heavy (non-hydrogen) atoms. The molecule has 2 aromatic carbocycles. The fourth-order valence-electron chi connectivity index (χ4n) is 2.55. The van der Waals surface area contributed by atoms with E-state index >= 15 is 0 Å². The van der Waals surface area contributed by atoms with Crippen molar-refractivity contribution in [3.05, 3.63) is 59.1 Å². The van der Waals surface area contributed by atoms with E-state index in [9.17, 15) is 9.59 Å². The summed E-state index contributed by atoms with van der Waals surface area (Å²) in [6, 6.07) is 14.6. The molecule has 1 heterocycles. The predicted molar refractivity (Wildman–Crippen MR) is 107 cm³/mol. The van der Waals surface area contributed by atoms with Crippen LogP contribution in [0.5, 0.6) is 0 Å². The second-order valence-corrected chi connectivity index (χ2v) is 7.55. The summed E-state index contributed by atoms with van der Waals surface area (Å²) < 4.78 is 0. The van der Waals surface area contributed by atoms with Crippen LogP contribution in [0, 0.1) is 6.92 Å². The fraction of sp³-hybridized carbons (Fsp3) is 0.211. The molecule has 0 saturated carbocycles. The van der Waals surface area contributed by atoms with E-state index in [2.05, 4.69) is 10.3 Å². The molecule has 2 amide bonds. The first-order valence-electron chi connectivity index (χ1n) is 8.08. The Kier molecular flexibility index (Phi) is 5.64. The predicted octanol–water partition coefficient (Wildman–Crippen LogP) is 4.24. The molecule has 1 fully saturated rings. The maximum Gasteiger partial charge on any atom is 0.242 e. The summed E-state index contributed by atoms with van der Waals surface area (Å²) in [5.74, 6) is -0.317. The molecule has 1 aliphatic heterocycles. The van der Waals surface area contributed by atoms with E-state index in [1.54, 1.807) is 13.1 Å². The van der Waals surface area contributed by atoms with Gasteiger partial charge in [-0.1, -0.05) is 41.6 Å². The number of carbonyl (C=O) groups is 2. The molecule has 1 saturated heterocycles. The Morgan fingerprint density at radius 2 is 2.00 bits per heavy atom. The van der Waals surface area contributed by atoms with E-state index in [0.717, 1.165) is 11.3 Å². The molecule has 1 aliphatic rings. The van der Waals surface area contributed by atoms with E-state index in [4.69, 9.17) is 11.6 Å². The minimum atomic E-state index is -0.477. The number of amidine groups is 1. The van der Waals surface area contributed by atoms with Crippen molar-refractivity contribution in [2.45, 2.75) is 18.6 Å². The van der Waals surface area contributed by atoms with Gasteiger partial charge in [-0.25, -0.2) is 4.99 Å². The molecule has 0 spiro atoms. The lowest BCUT2D eigenvalue weighted by Gasteiger charge is -2.09. The number of nitrogens with zero attached hydrogens (tertiary/aromatic N) is 2. The Labute approximate surface area is 161 Å². The number of aliphatic imine (C=N–C) groups is 1. The first kappa shape index (κ1) is 18.5. The van der Waals surface area contributed by atoms with Gasteiger partial charge in [-0.3, -0.25) is 14.5 Å². The number of nitrogens with one attached hydrogen (secondary N) is 1. The van der Waals surface area contributed by atoms with Crippen molar-refractivity contribution in [3.63, 3.8) is 0 Å². The minimum absolute atomic E-state index is 0.0986. The molecule has 2 aromatic rings. The molecule has 0 aliphatic carbocycles. The smallest absolute Gasteiger partial charge is 0.242 e. The van der Waals surface area contributed by atoms with Crippen molar-refractivity contribution in [3.8, 4) is 0 Å². The molecular weight excluding hydrogens is 370 g/mol. The molecular formula is C19H18ClN3O2S. The number of aryl methyl sites for hydroxylation is 1. The number of halogens is 1. The highest BCUT2D eigenvalue weighted by Crippen LogP contribution is 2.32. The Morgan fingerprint density at radius 3 is 2.69 bits per heavy atom. The Hall–Kier alpha value is -2.31. The van der Waals surface area contributed by atoms with Gasteiger partial charge >= 0.3 is 0 Å². The van der Waals surface area contributed by atoms with Gasteiger partial charge in [0.05, 0.1) is 5.69 Å². The summed E-state index contributed by atoms with van der Waals surface area (Å²) >= 11 is 7.28. The summed E-state index contributed by atoms with van der Waals surface area (Å²) in [5, 5.41) is 3.56. The van der Waals surface area contributed by atoms with Crippen LogP contribution in [-0.4, -0.2) is 34.2 Å². The van der Waals surface area contributed by atoms with Gasteiger partial charge in [0.15, 0.2) is 5.17 Å². The minimum Gasteiger partial charge on any atom is -0.326 e. The second-order valence-electron chi connectivity index (χ2n) is 5.95. The Morgan fingerprint density at radius 1 is 1.27 bits per heavy atom. The average Bonchev–Trinajstić information content (AvgIpc) is 2.86. The first-order chi connectivity index (χ1) is 12.4. The fourth-order valence-corrected chi connectivity index (χ4v) is 3.92. The number of rotatable bonds is 4. The van der Waals surface area contributed by atoms with Crippen LogP contribution >= 0.6 is 23.4 Å². The number of hydrogen-bond acceptors (Lipinski definition) is 4. The zero-order valence-electron chi connectivity index (χ0n) is 14.4. The lowest BCUT2D eigenvalue weighted by molar-refractivity contribution is -0.127. The summed E-state index contributed by atoms with van der Waals surface area (Å²) in [6.45, 7) is 1.91. The van der Waals surface area contributed by atoms with Gasteiger partial charge in [0.25, 0.3) is 0 Å². The van der Waals surface area contributed by atoms with Crippen molar-refractivity contribution < 1.29 is 9.59 Å². The highest BCUT2D eigenvalue weighted by Gasteiger charge is 2.37. The van der Waals surface area contributed by atoms with Crippen molar-refractivity contribution >= 4 is 51.7 Å². The van der Waals surface area contributed by atoms with E-state index in [1.165, 1.54) is 16.7 Å². The molecule has 5 nitrogen and oxygen atoms in total. The van der Waals surface area contributed by atoms with Crippen LogP contribution < -0.4 is 5.32 Å². The molecule has 0 bridgehead atoms. The van der Waals surface area contributed by atoms with Crippen LogP contribution in [0.3, 0.4) is 0 Å². The van der Waals surface area contributed by atoms with Gasteiger partial charge in [-0.2, -0.15) is 0 Å². The molecule has 3 rings (SSSR count). The molecule has 7 heteroatoms. The zero-order valence-corrected chi connectivity index (χ0v) is 16.0. The average molecular weight is 388 g/mol. The molecule has 0 radical (unpaired) electrons. The molecule has 134 valence electrons. The normalized spacial score (nSPS) is 18.4. The van der Waals surface area contributed by atoms with Crippen LogP contribution in [0.2, 0.25) is 5.02 Å². The monoisotopic (exact) mass is 387 g/mol. The highest BCUT2D eigenvalue weighted by molar-refractivity contribution is 8.15. The number of anilines is 1. The number of benzene rings is 2. The molecule has 1 N–H and O–H groups in total. The molecule has 0 unspecified atom stereocenters. The van der Waals surface area contributed by atoms with Crippen LogP contribution in [-0.2, 0) is 9.59 Å². The number of amides is 2. The van der Waals surface area contributed by atoms with Crippen molar-refractivity contribution in [1.29, 1.82) is 0 Å². The summed E-state index contributed by atoms with van der Waals surface area (Å²) in [5.41, 5.74) is 2.40. The second kappa shape index (κ2) is 7.93. The largest absolute Gasteiger partial charge is 0.326 e. The van der Waals surface area contributed by atoms with Crippen LogP contribution in [0.15, 0.2) is 53.5 Å².